The first-order chi connectivity index (χ1) is 10.0. The molecule has 1 heterocycles. The van der Waals surface area contributed by atoms with Crippen LogP contribution in [0.4, 0.5) is 5.69 Å². The second kappa shape index (κ2) is 5.88. The molecule has 0 saturated carbocycles. The minimum Gasteiger partial charge on any atom is -0.449 e. The predicted octanol–water partition coefficient (Wildman–Crippen LogP) is 2.92. The van der Waals surface area contributed by atoms with Crippen LogP contribution in [0.3, 0.4) is 0 Å². The molecule has 1 aromatic carbocycles. The van der Waals surface area contributed by atoms with Crippen molar-refractivity contribution in [3.63, 3.8) is 0 Å². The van der Waals surface area contributed by atoms with Gasteiger partial charge in [-0.2, -0.15) is 5.26 Å². The van der Waals surface area contributed by atoms with Gasteiger partial charge in [-0.05, 0) is 31.2 Å². The molecule has 0 radical (unpaired) electrons. The average molecular weight is 286 g/mol. The van der Waals surface area contributed by atoms with E-state index in [9.17, 15) is 14.9 Å². The molecule has 2 aromatic rings. The summed E-state index contributed by atoms with van der Waals surface area (Å²) in [5.74, 6) is -0.399. The van der Waals surface area contributed by atoms with Crippen LogP contribution < -0.4 is 0 Å². The molecule has 1 aromatic heterocycles. The summed E-state index contributed by atoms with van der Waals surface area (Å²) in [5.41, 5.74) is 0.556. The lowest BCUT2D eigenvalue weighted by Gasteiger charge is -2.03. The lowest BCUT2D eigenvalue weighted by molar-refractivity contribution is -0.384. The summed E-state index contributed by atoms with van der Waals surface area (Å²) in [6, 6.07) is 10.5. The molecule has 0 bridgehead atoms. The summed E-state index contributed by atoms with van der Waals surface area (Å²) in [7, 11) is 0. The number of nitro benzene ring substituents is 1. The Morgan fingerprint density at radius 2 is 2.00 bits per heavy atom. The van der Waals surface area contributed by atoms with Crippen molar-refractivity contribution in [3.05, 3.63) is 52.3 Å². The van der Waals surface area contributed by atoms with Gasteiger partial charge >= 0.3 is 5.97 Å². The normalized spacial score (nSPS) is 11.4. The summed E-state index contributed by atoms with van der Waals surface area (Å²) in [5, 5.41) is 19.1. The highest BCUT2D eigenvalue weighted by atomic mass is 16.6. The highest BCUT2D eigenvalue weighted by Gasteiger charge is 2.16. The van der Waals surface area contributed by atoms with Crippen LogP contribution >= 0.6 is 0 Å². The smallest absolute Gasteiger partial charge is 0.375 e. The Morgan fingerprint density at radius 1 is 1.33 bits per heavy atom. The van der Waals surface area contributed by atoms with E-state index in [0.29, 0.717) is 11.3 Å². The molecule has 0 fully saturated rings. The summed E-state index contributed by atoms with van der Waals surface area (Å²) in [6.07, 6.45) is -0.870. The Labute approximate surface area is 119 Å². The standard InChI is InChI=1S/C14H10N2O5/c1-9(8-15)20-14(17)13-7-6-12(21-13)10-2-4-11(5-3-10)16(18)19/h2-7,9H,1H3/t9-/m0/s1. The summed E-state index contributed by atoms with van der Waals surface area (Å²) in [4.78, 5) is 21.7. The van der Waals surface area contributed by atoms with E-state index in [1.165, 1.54) is 37.3 Å². The second-order valence-corrected chi connectivity index (χ2v) is 4.14. The summed E-state index contributed by atoms with van der Waals surface area (Å²) < 4.78 is 10.1. The van der Waals surface area contributed by atoms with Gasteiger partial charge in [-0.3, -0.25) is 10.1 Å². The van der Waals surface area contributed by atoms with Crippen LogP contribution in [0.1, 0.15) is 17.5 Å². The van der Waals surface area contributed by atoms with Crippen molar-refractivity contribution in [1.82, 2.24) is 0 Å². The van der Waals surface area contributed by atoms with Gasteiger partial charge in [0.1, 0.15) is 11.8 Å². The van der Waals surface area contributed by atoms with Gasteiger partial charge in [0.2, 0.25) is 5.76 Å². The second-order valence-electron chi connectivity index (χ2n) is 4.14. The Balaban J connectivity index is 2.18. The van der Waals surface area contributed by atoms with Crippen LogP contribution in [0.2, 0.25) is 0 Å². The van der Waals surface area contributed by atoms with Gasteiger partial charge in [0.05, 0.1) is 4.92 Å². The number of ether oxygens (including phenoxy) is 1. The molecule has 2 rings (SSSR count). The number of benzene rings is 1. The van der Waals surface area contributed by atoms with Crippen molar-refractivity contribution >= 4 is 11.7 Å². The third kappa shape index (κ3) is 3.25. The van der Waals surface area contributed by atoms with Gasteiger partial charge in [0.25, 0.3) is 5.69 Å². The average Bonchev–Trinajstić information content (AvgIpc) is 2.97. The number of nitriles is 1. The van der Waals surface area contributed by atoms with E-state index in [0.717, 1.165) is 0 Å². The van der Waals surface area contributed by atoms with E-state index in [2.05, 4.69) is 0 Å². The van der Waals surface area contributed by atoms with Crippen LogP contribution in [0.25, 0.3) is 11.3 Å². The van der Waals surface area contributed by atoms with Crippen LogP contribution in [0, 0.1) is 21.4 Å². The van der Waals surface area contributed by atoms with E-state index in [1.807, 2.05) is 0 Å². The molecule has 0 N–H and O–H groups in total. The zero-order valence-corrected chi connectivity index (χ0v) is 11.0. The molecule has 0 aliphatic rings. The molecule has 21 heavy (non-hydrogen) atoms. The highest BCUT2D eigenvalue weighted by Crippen LogP contribution is 2.24. The lowest BCUT2D eigenvalue weighted by atomic mass is 10.1. The maximum Gasteiger partial charge on any atom is 0.375 e. The van der Waals surface area contributed by atoms with Gasteiger partial charge in [0.15, 0.2) is 6.10 Å². The van der Waals surface area contributed by atoms with Gasteiger partial charge in [-0.15, -0.1) is 0 Å². The predicted molar refractivity (Wildman–Crippen MR) is 71.3 cm³/mol. The zero-order valence-electron chi connectivity index (χ0n) is 11.0. The van der Waals surface area contributed by atoms with Crippen molar-refractivity contribution in [3.8, 4) is 17.4 Å². The van der Waals surface area contributed by atoms with Crippen LogP contribution in [0.5, 0.6) is 0 Å². The molecule has 106 valence electrons. The number of non-ortho nitro benzene ring substituents is 1. The van der Waals surface area contributed by atoms with Crippen LogP contribution in [-0.4, -0.2) is 17.0 Å². The molecule has 1 atom stereocenters. The molecular formula is C14H10N2O5. The molecule has 7 nitrogen and oxygen atoms in total. The van der Waals surface area contributed by atoms with E-state index in [4.69, 9.17) is 14.4 Å². The number of nitro groups is 1. The van der Waals surface area contributed by atoms with Gasteiger partial charge in [-0.1, -0.05) is 0 Å². The molecule has 0 aliphatic carbocycles. The topological polar surface area (TPSA) is 106 Å². The number of carbonyl (C=O) groups is 1. The maximum absolute atomic E-state index is 11.6. The molecular weight excluding hydrogens is 276 g/mol. The monoisotopic (exact) mass is 286 g/mol. The number of hydrogen-bond acceptors (Lipinski definition) is 6. The summed E-state index contributed by atoms with van der Waals surface area (Å²) >= 11 is 0. The fourth-order valence-electron chi connectivity index (χ4n) is 1.60. The van der Waals surface area contributed by atoms with Crippen molar-refractivity contribution < 1.29 is 18.9 Å². The van der Waals surface area contributed by atoms with Gasteiger partial charge in [-0.25, -0.2) is 4.79 Å². The first kappa shape index (κ1) is 14.3. The largest absolute Gasteiger partial charge is 0.449 e. The minimum absolute atomic E-state index is 0.0345. The zero-order chi connectivity index (χ0) is 15.4. The summed E-state index contributed by atoms with van der Waals surface area (Å²) in [6.45, 7) is 1.44. The first-order valence-corrected chi connectivity index (χ1v) is 5.96. The van der Waals surface area contributed by atoms with Crippen molar-refractivity contribution in [2.24, 2.45) is 0 Å². The van der Waals surface area contributed by atoms with Crippen molar-refractivity contribution in [1.29, 1.82) is 5.26 Å². The van der Waals surface area contributed by atoms with Crippen LogP contribution in [-0.2, 0) is 4.74 Å². The Bertz CT molecular complexity index is 712. The maximum atomic E-state index is 11.6. The third-order valence-electron chi connectivity index (χ3n) is 2.64. The van der Waals surface area contributed by atoms with E-state index in [1.54, 1.807) is 12.1 Å². The SMILES string of the molecule is C[C@@H](C#N)OC(=O)c1ccc(-c2ccc([N+](=O)[O-])cc2)o1. The van der Waals surface area contributed by atoms with E-state index < -0.39 is 17.0 Å². The Hall–Kier alpha value is -3.14. The van der Waals surface area contributed by atoms with Crippen molar-refractivity contribution in [2.45, 2.75) is 13.0 Å². The molecule has 0 spiro atoms. The Morgan fingerprint density at radius 3 is 2.57 bits per heavy atom. The van der Waals surface area contributed by atoms with Gasteiger partial charge in [0, 0.05) is 17.7 Å². The molecule has 0 amide bonds. The van der Waals surface area contributed by atoms with Gasteiger partial charge < -0.3 is 9.15 Å². The fraction of sp³-hybridized carbons (Fsp3) is 0.143. The fourth-order valence-corrected chi connectivity index (χ4v) is 1.60. The third-order valence-corrected chi connectivity index (χ3v) is 2.64. The number of nitrogens with zero attached hydrogens (tertiary/aromatic N) is 2. The first-order valence-electron chi connectivity index (χ1n) is 5.96. The molecule has 7 heteroatoms. The quantitative estimate of drug-likeness (QED) is 0.486. The lowest BCUT2D eigenvalue weighted by Crippen LogP contribution is -2.12. The molecule has 0 aliphatic heterocycles. The Kier molecular flexibility index (Phi) is 4.00. The highest BCUT2D eigenvalue weighted by molar-refractivity contribution is 5.87. The number of hydrogen-bond donors (Lipinski definition) is 0. The van der Waals surface area contributed by atoms with Crippen molar-refractivity contribution in [2.75, 3.05) is 0 Å². The minimum atomic E-state index is -0.870. The molecule has 0 unspecified atom stereocenters. The number of furan rings is 1. The number of carbonyl (C=O) groups excluding carboxylic acids is 1. The molecule has 0 saturated heterocycles. The van der Waals surface area contributed by atoms with E-state index in [-0.39, 0.29) is 11.4 Å². The number of rotatable bonds is 4. The number of esters is 1. The van der Waals surface area contributed by atoms with E-state index >= 15 is 0 Å². The van der Waals surface area contributed by atoms with Crippen LogP contribution in [0.15, 0.2) is 40.8 Å².